The van der Waals surface area contributed by atoms with Crippen LogP contribution in [0.4, 0.5) is 0 Å². The van der Waals surface area contributed by atoms with E-state index in [9.17, 15) is 4.79 Å². The second-order valence-corrected chi connectivity index (χ2v) is 5.93. The van der Waals surface area contributed by atoms with E-state index in [-0.39, 0.29) is 18.2 Å². The van der Waals surface area contributed by atoms with Crippen molar-refractivity contribution in [3.63, 3.8) is 0 Å². The van der Waals surface area contributed by atoms with Crippen molar-refractivity contribution in [3.8, 4) is 11.4 Å². The summed E-state index contributed by atoms with van der Waals surface area (Å²) >= 11 is 3.17. The van der Waals surface area contributed by atoms with Crippen LogP contribution in [0.25, 0.3) is 11.4 Å². The van der Waals surface area contributed by atoms with Gasteiger partial charge in [0.25, 0.3) is 5.91 Å². The third-order valence-corrected chi connectivity index (χ3v) is 3.67. The molecular formula is C16H14BrN3O3. The lowest BCUT2D eigenvalue weighted by Crippen LogP contribution is -2.25. The molecule has 0 aliphatic heterocycles. The van der Waals surface area contributed by atoms with Crippen molar-refractivity contribution in [3.05, 3.63) is 58.3 Å². The van der Waals surface area contributed by atoms with E-state index < -0.39 is 0 Å². The molecule has 0 radical (unpaired) electrons. The van der Waals surface area contributed by atoms with Gasteiger partial charge in [0.05, 0.1) is 0 Å². The highest BCUT2D eigenvalue weighted by Gasteiger charge is 2.18. The SMILES string of the molecule is Cc1cccc(-c2noc(CN(C)C(=O)c3ccc(Br)o3)n2)c1. The number of halogens is 1. The fraction of sp³-hybridized carbons (Fsp3) is 0.188. The lowest BCUT2D eigenvalue weighted by Gasteiger charge is -2.12. The number of furan rings is 1. The van der Waals surface area contributed by atoms with Gasteiger partial charge in [0.15, 0.2) is 10.4 Å². The van der Waals surface area contributed by atoms with Crippen molar-refractivity contribution in [2.75, 3.05) is 7.05 Å². The number of aromatic nitrogens is 2. The summed E-state index contributed by atoms with van der Waals surface area (Å²) in [5.41, 5.74) is 1.99. The molecule has 3 rings (SSSR count). The smallest absolute Gasteiger partial charge is 0.289 e. The van der Waals surface area contributed by atoms with E-state index in [0.29, 0.717) is 16.4 Å². The largest absolute Gasteiger partial charge is 0.444 e. The Hall–Kier alpha value is -2.41. The molecule has 0 saturated heterocycles. The summed E-state index contributed by atoms with van der Waals surface area (Å²) in [6, 6.07) is 11.1. The molecule has 2 aromatic heterocycles. The molecule has 3 aromatic rings. The van der Waals surface area contributed by atoms with E-state index in [1.165, 1.54) is 4.90 Å². The van der Waals surface area contributed by atoms with Gasteiger partial charge in [-0.15, -0.1) is 0 Å². The Bertz CT molecular complexity index is 840. The molecule has 0 fully saturated rings. The molecule has 118 valence electrons. The zero-order chi connectivity index (χ0) is 16.4. The molecule has 2 heterocycles. The summed E-state index contributed by atoms with van der Waals surface area (Å²) in [7, 11) is 1.65. The zero-order valence-electron chi connectivity index (χ0n) is 12.6. The van der Waals surface area contributed by atoms with Crippen LogP contribution in [0.15, 0.2) is 50.0 Å². The van der Waals surface area contributed by atoms with Crippen LogP contribution in [0, 0.1) is 6.92 Å². The minimum atomic E-state index is -0.258. The van der Waals surface area contributed by atoms with Gasteiger partial charge in [-0.1, -0.05) is 28.9 Å². The maximum absolute atomic E-state index is 12.2. The van der Waals surface area contributed by atoms with Crippen molar-refractivity contribution >= 4 is 21.8 Å². The quantitative estimate of drug-likeness (QED) is 0.695. The average molecular weight is 376 g/mol. The van der Waals surface area contributed by atoms with Crippen LogP contribution in [0.1, 0.15) is 22.0 Å². The van der Waals surface area contributed by atoms with E-state index in [4.69, 9.17) is 8.94 Å². The highest BCUT2D eigenvalue weighted by atomic mass is 79.9. The third-order valence-electron chi connectivity index (χ3n) is 3.25. The number of hydrogen-bond donors (Lipinski definition) is 0. The van der Waals surface area contributed by atoms with Gasteiger partial charge in [0.2, 0.25) is 11.7 Å². The summed E-state index contributed by atoms with van der Waals surface area (Å²) in [6.45, 7) is 2.20. The first-order valence-corrected chi connectivity index (χ1v) is 7.72. The normalized spacial score (nSPS) is 10.7. The monoisotopic (exact) mass is 375 g/mol. The Balaban J connectivity index is 1.72. The Morgan fingerprint density at radius 2 is 2.13 bits per heavy atom. The zero-order valence-corrected chi connectivity index (χ0v) is 14.2. The van der Waals surface area contributed by atoms with Gasteiger partial charge < -0.3 is 13.8 Å². The number of rotatable bonds is 4. The lowest BCUT2D eigenvalue weighted by molar-refractivity contribution is 0.0736. The van der Waals surface area contributed by atoms with Gasteiger partial charge in [-0.05, 0) is 41.1 Å². The Kier molecular flexibility index (Phi) is 4.29. The van der Waals surface area contributed by atoms with Crippen LogP contribution in [0.2, 0.25) is 0 Å². The fourth-order valence-corrected chi connectivity index (χ4v) is 2.42. The number of nitrogens with zero attached hydrogens (tertiary/aromatic N) is 3. The van der Waals surface area contributed by atoms with Gasteiger partial charge in [0.1, 0.15) is 6.54 Å². The molecule has 1 aromatic carbocycles. The first kappa shape index (κ1) is 15.5. The van der Waals surface area contributed by atoms with E-state index in [1.807, 2.05) is 31.2 Å². The molecule has 0 unspecified atom stereocenters. The first-order chi connectivity index (χ1) is 11.0. The van der Waals surface area contributed by atoms with E-state index in [1.54, 1.807) is 19.2 Å². The highest BCUT2D eigenvalue weighted by molar-refractivity contribution is 9.10. The minimum absolute atomic E-state index is 0.204. The second kappa shape index (κ2) is 6.37. The molecule has 1 amide bonds. The van der Waals surface area contributed by atoms with Crippen molar-refractivity contribution in [1.29, 1.82) is 0 Å². The van der Waals surface area contributed by atoms with Crippen LogP contribution in [-0.4, -0.2) is 28.0 Å². The highest BCUT2D eigenvalue weighted by Crippen LogP contribution is 2.19. The summed E-state index contributed by atoms with van der Waals surface area (Å²) in [5.74, 6) is 0.858. The van der Waals surface area contributed by atoms with Crippen molar-refractivity contribution in [1.82, 2.24) is 15.0 Å². The van der Waals surface area contributed by atoms with Crippen LogP contribution < -0.4 is 0 Å². The summed E-state index contributed by atoms with van der Waals surface area (Å²) in [4.78, 5) is 18.0. The first-order valence-electron chi connectivity index (χ1n) is 6.93. The number of carbonyl (C=O) groups excluding carboxylic acids is 1. The summed E-state index contributed by atoms with van der Waals surface area (Å²) in [5, 5.41) is 3.96. The van der Waals surface area contributed by atoms with Crippen molar-refractivity contribution in [2.45, 2.75) is 13.5 Å². The number of carbonyl (C=O) groups is 1. The summed E-state index contributed by atoms with van der Waals surface area (Å²) in [6.07, 6.45) is 0. The maximum Gasteiger partial charge on any atom is 0.289 e. The van der Waals surface area contributed by atoms with Gasteiger partial charge >= 0.3 is 0 Å². The number of aryl methyl sites for hydroxylation is 1. The van der Waals surface area contributed by atoms with Crippen LogP contribution in [0.5, 0.6) is 0 Å². The molecule has 0 aliphatic rings. The van der Waals surface area contributed by atoms with Crippen LogP contribution in [0.3, 0.4) is 0 Å². The fourth-order valence-electron chi connectivity index (χ4n) is 2.11. The number of benzene rings is 1. The predicted molar refractivity (Wildman–Crippen MR) is 86.7 cm³/mol. The Labute approximate surface area is 141 Å². The van der Waals surface area contributed by atoms with E-state index in [0.717, 1.165) is 11.1 Å². The van der Waals surface area contributed by atoms with Gasteiger partial charge in [-0.2, -0.15) is 4.98 Å². The predicted octanol–water partition coefficient (Wildman–Crippen LogP) is 3.67. The topological polar surface area (TPSA) is 72.4 Å². The molecule has 0 saturated carbocycles. The molecule has 7 heteroatoms. The van der Waals surface area contributed by atoms with Gasteiger partial charge in [-0.25, -0.2) is 0 Å². The standard InChI is InChI=1S/C16H14BrN3O3/c1-10-4-3-5-11(8-10)15-18-14(23-19-15)9-20(2)16(21)12-6-7-13(17)22-12/h3-8H,9H2,1-2H3. The molecule has 0 N–H and O–H groups in total. The Morgan fingerprint density at radius 1 is 1.30 bits per heavy atom. The minimum Gasteiger partial charge on any atom is -0.444 e. The van der Waals surface area contributed by atoms with Crippen molar-refractivity contribution < 1.29 is 13.7 Å². The maximum atomic E-state index is 12.2. The molecule has 23 heavy (non-hydrogen) atoms. The van der Waals surface area contributed by atoms with E-state index in [2.05, 4.69) is 26.1 Å². The molecule has 0 aliphatic carbocycles. The molecular weight excluding hydrogens is 362 g/mol. The second-order valence-electron chi connectivity index (χ2n) is 5.15. The van der Waals surface area contributed by atoms with Crippen LogP contribution >= 0.6 is 15.9 Å². The lowest BCUT2D eigenvalue weighted by atomic mass is 10.1. The summed E-state index contributed by atoms with van der Waals surface area (Å²) < 4.78 is 11.0. The molecule has 0 spiro atoms. The van der Waals surface area contributed by atoms with Crippen LogP contribution in [-0.2, 0) is 6.54 Å². The van der Waals surface area contributed by atoms with Gasteiger partial charge in [0, 0.05) is 12.6 Å². The average Bonchev–Trinajstić information content (AvgIpc) is 3.15. The molecule has 0 atom stereocenters. The molecule has 6 nitrogen and oxygen atoms in total. The third kappa shape index (κ3) is 3.50. The number of hydrogen-bond acceptors (Lipinski definition) is 5. The number of amides is 1. The molecule has 0 bridgehead atoms. The van der Waals surface area contributed by atoms with E-state index >= 15 is 0 Å². The van der Waals surface area contributed by atoms with Crippen molar-refractivity contribution in [2.24, 2.45) is 0 Å². The van der Waals surface area contributed by atoms with Gasteiger partial charge in [-0.3, -0.25) is 4.79 Å². The Morgan fingerprint density at radius 3 is 2.83 bits per heavy atom.